The molecule has 9 nitrogen and oxygen atoms in total. The van der Waals surface area contributed by atoms with Crippen molar-refractivity contribution in [3.63, 3.8) is 0 Å². The molecule has 0 bridgehead atoms. The number of amides is 2. The van der Waals surface area contributed by atoms with E-state index < -0.39 is 11.8 Å². The summed E-state index contributed by atoms with van der Waals surface area (Å²) in [5, 5.41) is 8.50. The van der Waals surface area contributed by atoms with Gasteiger partial charge in [-0.15, -0.1) is 0 Å². The maximum absolute atomic E-state index is 11.8. The van der Waals surface area contributed by atoms with E-state index >= 15 is 0 Å². The molecular formula is C18H23N5O4. The predicted octanol–water partition coefficient (Wildman–Crippen LogP) is 0.560. The number of piperazine rings is 1. The van der Waals surface area contributed by atoms with E-state index in [0.717, 1.165) is 31.9 Å². The lowest BCUT2D eigenvalue weighted by atomic mass is 10.2. The van der Waals surface area contributed by atoms with E-state index in [0.29, 0.717) is 13.1 Å². The number of benzene rings is 1. The highest BCUT2D eigenvalue weighted by atomic mass is 16.5. The van der Waals surface area contributed by atoms with Crippen LogP contribution in [0.25, 0.3) is 0 Å². The molecule has 1 aliphatic heterocycles. The number of carbonyl (C=O) groups is 2. The van der Waals surface area contributed by atoms with Gasteiger partial charge in [0, 0.05) is 51.0 Å². The van der Waals surface area contributed by atoms with Crippen LogP contribution >= 0.6 is 0 Å². The Bertz CT molecular complexity index is 740. The molecule has 9 heteroatoms. The number of hydrogen-bond donors (Lipinski definition) is 2. The van der Waals surface area contributed by atoms with Crippen molar-refractivity contribution in [3.8, 4) is 5.75 Å². The Morgan fingerprint density at radius 1 is 1.11 bits per heavy atom. The normalized spacial score (nSPS) is 14.6. The summed E-state index contributed by atoms with van der Waals surface area (Å²) in [5.74, 6) is -0.381. The Morgan fingerprint density at radius 2 is 1.85 bits per heavy atom. The molecule has 1 aromatic heterocycles. The third-order valence-electron chi connectivity index (χ3n) is 4.41. The van der Waals surface area contributed by atoms with Crippen molar-refractivity contribution in [1.82, 2.24) is 15.4 Å². The summed E-state index contributed by atoms with van der Waals surface area (Å²) < 4.78 is 9.78. The number of nitrogens with one attached hydrogen (secondary N) is 2. The molecule has 2 amide bonds. The molecule has 3 rings (SSSR count). The average Bonchev–Trinajstić information content (AvgIpc) is 3.21. The third kappa shape index (κ3) is 5.20. The summed E-state index contributed by atoms with van der Waals surface area (Å²) in [7, 11) is 1.66. The topological polar surface area (TPSA) is 99.9 Å². The molecule has 2 N–H and O–H groups in total. The van der Waals surface area contributed by atoms with Crippen LogP contribution in [0, 0.1) is 0 Å². The number of ether oxygens (including phenoxy) is 1. The number of methoxy groups -OCH3 is 1. The summed E-state index contributed by atoms with van der Waals surface area (Å²) in [6.45, 7) is 4.72. The second-order valence-corrected chi connectivity index (χ2v) is 6.12. The molecule has 1 aromatic carbocycles. The smallest absolute Gasteiger partial charge is 0.314 e. The summed E-state index contributed by atoms with van der Waals surface area (Å²) >= 11 is 0. The highest BCUT2D eigenvalue weighted by molar-refractivity contribution is 6.39. The molecule has 0 unspecified atom stereocenters. The number of rotatable bonds is 6. The lowest BCUT2D eigenvalue weighted by molar-refractivity contribution is -0.136. The van der Waals surface area contributed by atoms with Crippen molar-refractivity contribution in [2.45, 2.75) is 0 Å². The van der Waals surface area contributed by atoms with Gasteiger partial charge >= 0.3 is 11.8 Å². The maximum Gasteiger partial charge on any atom is 0.314 e. The van der Waals surface area contributed by atoms with Crippen LogP contribution < -0.4 is 20.3 Å². The molecule has 1 saturated heterocycles. The molecule has 27 heavy (non-hydrogen) atoms. The van der Waals surface area contributed by atoms with Crippen molar-refractivity contribution in [2.75, 3.05) is 56.6 Å². The fraction of sp³-hybridized carbons (Fsp3) is 0.389. The predicted molar refractivity (Wildman–Crippen MR) is 99.8 cm³/mol. The van der Waals surface area contributed by atoms with E-state index in [-0.39, 0.29) is 5.82 Å². The first-order valence-corrected chi connectivity index (χ1v) is 8.76. The fourth-order valence-electron chi connectivity index (χ4n) is 2.88. The van der Waals surface area contributed by atoms with Gasteiger partial charge in [0.05, 0.1) is 7.11 Å². The molecule has 144 valence electrons. The van der Waals surface area contributed by atoms with Crippen molar-refractivity contribution < 1.29 is 18.8 Å². The maximum atomic E-state index is 11.8. The van der Waals surface area contributed by atoms with E-state index in [9.17, 15) is 9.59 Å². The van der Waals surface area contributed by atoms with Gasteiger partial charge in [-0.3, -0.25) is 19.8 Å². The van der Waals surface area contributed by atoms with Gasteiger partial charge in [0.2, 0.25) is 0 Å². The average molecular weight is 373 g/mol. The van der Waals surface area contributed by atoms with Crippen LogP contribution in [0.4, 0.5) is 11.5 Å². The van der Waals surface area contributed by atoms with E-state index in [1.54, 1.807) is 7.11 Å². The Hall–Kier alpha value is -3.07. The molecule has 1 aliphatic rings. The Kier molecular flexibility index (Phi) is 6.26. The van der Waals surface area contributed by atoms with Gasteiger partial charge < -0.3 is 19.5 Å². The van der Waals surface area contributed by atoms with Gasteiger partial charge in [-0.1, -0.05) is 5.16 Å². The molecule has 0 radical (unpaired) electrons. The van der Waals surface area contributed by atoms with Gasteiger partial charge in [-0.05, 0) is 24.3 Å². The molecule has 0 saturated carbocycles. The molecule has 1 fully saturated rings. The second kappa shape index (κ2) is 9.04. The zero-order valence-corrected chi connectivity index (χ0v) is 15.2. The molecule has 0 aliphatic carbocycles. The minimum absolute atomic E-state index is 0.213. The molecule has 0 spiro atoms. The van der Waals surface area contributed by atoms with Crippen molar-refractivity contribution in [2.24, 2.45) is 0 Å². The van der Waals surface area contributed by atoms with Crippen molar-refractivity contribution >= 4 is 23.3 Å². The summed E-state index contributed by atoms with van der Waals surface area (Å²) in [6, 6.07) is 9.50. The Labute approximate surface area is 157 Å². The molecule has 2 aromatic rings. The second-order valence-electron chi connectivity index (χ2n) is 6.12. The first-order chi connectivity index (χ1) is 13.2. The number of anilines is 2. The number of aromatic nitrogens is 1. The van der Waals surface area contributed by atoms with Crippen molar-refractivity contribution in [3.05, 3.63) is 36.6 Å². The van der Waals surface area contributed by atoms with E-state index in [2.05, 4.69) is 42.2 Å². The van der Waals surface area contributed by atoms with E-state index in [4.69, 9.17) is 4.74 Å². The fourth-order valence-corrected chi connectivity index (χ4v) is 2.88. The zero-order chi connectivity index (χ0) is 19.1. The minimum Gasteiger partial charge on any atom is -0.497 e. The lowest BCUT2D eigenvalue weighted by Gasteiger charge is -2.36. The van der Waals surface area contributed by atoms with Crippen LogP contribution in [0.1, 0.15) is 0 Å². The van der Waals surface area contributed by atoms with Gasteiger partial charge in [0.1, 0.15) is 12.0 Å². The lowest BCUT2D eigenvalue weighted by Crippen LogP contribution is -2.49. The largest absolute Gasteiger partial charge is 0.497 e. The van der Waals surface area contributed by atoms with Gasteiger partial charge in [-0.2, -0.15) is 0 Å². The first kappa shape index (κ1) is 18.7. The third-order valence-corrected chi connectivity index (χ3v) is 4.41. The number of nitrogens with zero attached hydrogens (tertiary/aromatic N) is 3. The number of carbonyl (C=O) groups excluding carboxylic acids is 2. The Morgan fingerprint density at radius 3 is 2.48 bits per heavy atom. The van der Waals surface area contributed by atoms with Crippen LogP contribution in [-0.4, -0.2) is 68.2 Å². The summed E-state index contributed by atoms with van der Waals surface area (Å²) in [5.41, 5.74) is 1.17. The van der Waals surface area contributed by atoms with E-state index in [1.165, 1.54) is 18.0 Å². The molecule has 0 atom stereocenters. The number of hydrogen-bond acceptors (Lipinski definition) is 7. The Balaban J connectivity index is 1.35. The highest BCUT2D eigenvalue weighted by Gasteiger charge is 2.18. The minimum atomic E-state index is -0.756. The van der Waals surface area contributed by atoms with E-state index in [1.807, 2.05) is 12.1 Å². The van der Waals surface area contributed by atoms with Crippen molar-refractivity contribution in [1.29, 1.82) is 0 Å². The quantitative estimate of drug-likeness (QED) is 0.714. The van der Waals surface area contributed by atoms with Crippen LogP contribution in [0.2, 0.25) is 0 Å². The van der Waals surface area contributed by atoms with Gasteiger partial charge in [-0.25, -0.2) is 0 Å². The van der Waals surface area contributed by atoms with Crippen LogP contribution in [0.15, 0.2) is 41.1 Å². The summed E-state index contributed by atoms with van der Waals surface area (Å²) in [6.07, 6.45) is 1.32. The SMILES string of the molecule is COc1ccc(N2CCN(CCNC(=O)C(=O)Nc3ccon3)CC2)cc1. The van der Waals surface area contributed by atoms with Gasteiger partial charge in [0.25, 0.3) is 0 Å². The highest BCUT2D eigenvalue weighted by Crippen LogP contribution is 2.20. The van der Waals surface area contributed by atoms with Crippen LogP contribution in [-0.2, 0) is 9.59 Å². The monoisotopic (exact) mass is 373 g/mol. The van der Waals surface area contributed by atoms with Crippen LogP contribution in [0.5, 0.6) is 5.75 Å². The molecule has 2 heterocycles. The van der Waals surface area contributed by atoms with Crippen LogP contribution in [0.3, 0.4) is 0 Å². The zero-order valence-electron chi connectivity index (χ0n) is 15.2. The molecular weight excluding hydrogens is 350 g/mol. The first-order valence-electron chi connectivity index (χ1n) is 8.76. The summed E-state index contributed by atoms with van der Waals surface area (Å²) in [4.78, 5) is 28.1. The van der Waals surface area contributed by atoms with Gasteiger partial charge in [0.15, 0.2) is 5.82 Å². The standard InChI is InChI=1S/C18H23N5O4/c1-26-15-4-2-14(3-5-15)23-11-9-22(10-12-23)8-7-19-17(24)18(25)20-16-6-13-27-21-16/h2-6,13H,7-12H2,1H3,(H,19,24)(H,20,21,25).